The van der Waals surface area contributed by atoms with Gasteiger partial charge >= 0.3 is 5.97 Å². The average molecular weight is 261 g/mol. The zero-order chi connectivity index (χ0) is 13.7. The molecule has 0 spiro atoms. The van der Waals surface area contributed by atoms with Gasteiger partial charge < -0.3 is 10.4 Å². The first-order valence-corrected chi connectivity index (χ1v) is 5.59. The van der Waals surface area contributed by atoms with Crippen molar-refractivity contribution in [2.45, 2.75) is 32.2 Å². The van der Waals surface area contributed by atoms with Crippen molar-refractivity contribution in [3.63, 3.8) is 0 Å². The molecule has 2 N–H and O–H groups in total. The Morgan fingerprint density at radius 1 is 1.28 bits per heavy atom. The van der Waals surface area contributed by atoms with E-state index in [-0.39, 0.29) is 12.1 Å². The van der Waals surface area contributed by atoms with E-state index in [1.165, 1.54) is 0 Å². The minimum absolute atomic E-state index is 0.282. The maximum absolute atomic E-state index is 13.3. The first-order chi connectivity index (χ1) is 8.45. The van der Waals surface area contributed by atoms with Crippen LogP contribution in [0.5, 0.6) is 0 Å². The molecule has 3 nitrogen and oxygen atoms in total. The SMILES string of the molecule is CCCCC(Nc1cc(F)c(F)cc1F)C(=O)O. The summed E-state index contributed by atoms with van der Waals surface area (Å²) < 4.78 is 38.9. The zero-order valence-corrected chi connectivity index (χ0v) is 9.84. The lowest BCUT2D eigenvalue weighted by atomic mass is 10.1. The summed E-state index contributed by atoms with van der Waals surface area (Å²) in [6, 6.07) is -0.0209. The quantitative estimate of drug-likeness (QED) is 0.773. The van der Waals surface area contributed by atoms with Gasteiger partial charge in [-0.3, -0.25) is 0 Å². The predicted octanol–water partition coefficient (Wildman–Crippen LogP) is 3.16. The topological polar surface area (TPSA) is 49.3 Å². The highest BCUT2D eigenvalue weighted by Gasteiger charge is 2.19. The Bertz CT molecular complexity index is 438. The number of nitrogens with one attached hydrogen (secondary N) is 1. The Balaban J connectivity index is 2.86. The van der Waals surface area contributed by atoms with Gasteiger partial charge in [0.2, 0.25) is 0 Å². The minimum Gasteiger partial charge on any atom is -0.480 e. The van der Waals surface area contributed by atoms with E-state index in [9.17, 15) is 18.0 Å². The van der Waals surface area contributed by atoms with Crippen LogP contribution >= 0.6 is 0 Å². The Morgan fingerprint density at radius 3 is 2.44 bits per heavy atom. The highest BCUT2D eigenvalue weighted by atomic mass is 19.2. The Kier molecular flexibility index (Phi) is 5.00. The van der Waals surface area contributed by atoms with Crippen molar-refractivity contribution in [1.82, 2.24) is 0 Å². The van der Waals surface area contributed by atoms with Crippen LogP contribution in [0.4, 0.5) is 18.9 Å². The molecule has 0 bridgehead atoms. The van der Waals surface area contributed by atoms with Crippen molar-refractivity contribution >= 4 is 11.7 Å². The average Bonchev–Trinajstić information content (AvgIpc) is 2.30. The number of halogens is 3. The van der Waals surface area contributed by atoms with E-state index < -0.39 is 29.5 Å². The van der Waals surface area contributed by atoms with E-state index in [1.807, 2.05) is 6.92 Å². The summed E-state index contributed by atoms with van der Waals surface area (Å²) in [4.78, 5) is 10.9. The van der Waals surface area contributed by atoms with Crippen LogP contribution in [0, 0.1) is 17.5 Å². The lowest BCUT2D eigenvalue weighted by Crippen LogP contribution is -2.29. The molecule has 0 aliphatic rings. The molecule has 1 aromatic rings. The smallest absolute Gasteiger partial charge is 0.326 e. The lowest BCUT2D eigenvalue weighted by Gasteiger charge is -2.16. The molecule has 0 aliphatic heterocycles. The molecule has 0 saturated carbocycles. The summed E-state index contributed by atoms with van der Waals surface area (Å²) >= 11 is 0. The van der Waals surface area contributed by atoms with Crippen LogP contribution in [-0.2, 0) is 4.79 Å². The second-order valence-electron chi connectivity index (χ2n) is 3.92. The van der Waals surface area contributed by atoms with Crippen molar-refractivity contribution < 1.29 is 23.1 Å². The summed E-state index contributed by atoms with van der Waals surface area (Å²) in [6.07, 6.45) is 1.70. The van der Waals surface area contributed by atoms with Crippen molar-refractivity contribution in [3.05, 3.63) is 29.6 Å². The largest absolute Gasteiger partial charge is 0.480 e. The molecule has 18 heavy (non-hydrogen) atoms. The van der Waals surface area contributed by atoms with Gasteiger partial charge in [-0.2, -0.15) is 0 Å². The molecular formula is C12H14F3NO2. The summed E-state index contributed by atoms with van der Waals surface area (Å²) in [5.41, 5.74) is -0.350. The summed E-state index contributed by atoms with van der Waals surface area (Å²) in [6.45, 7) is 1.89. The molecule has 0 aliphatic carbocycles. The first kappa shape index (κ1) is 14.3. The van der Waals surface area contributed by atoms with Crippen LogP contribution in [0.2, 0.25) is 0 Å². The number of anilines is 1. The highest BCUT2D eigenvalue weighted by molar-refractivity contribution is 5.77. The van der Waals surface area contributed by atoms with Crippen molar-refractivity contribution in [3.8, 4) is 0 Å². The maximum atomic E-state index is 13.3. The van der Waals surface area contributed by atoms with Crippen LogP contribution in [0.3, 0.4) is 0 Å². The molecule has 0 saturated heterocycles. The lowest BCUT2D eigenvalue weighted by molar-refractivity contribution is -0.138. The van der Waals surface area contributed by atoms with Crippen LogP contribution in [0.15, 0.2) is 12.1 Å². The maximum Gasteiger partial charge on any atom is 0.326 e. The zero-order valence-electron chi connectivity index (χ0n) is 9.84. The summed E-state index contributed by atoms with van der Waals surface area (Å²) in [5.74, 6) is -4.71. The first-order valence-electron chi connectivity index (χ1n) is 5.59. The molecule has 0 fully saturated rings. The number of carboxylic acids is 1. The van der Waals surface area contributed by atoms with Gasteiger partial charge in [0.25, 0.3) is 0 Å². The van der Waals surface area contributed by atoms with Gasteiger partial charge in [-0.05, 0) is 6.42 Å². The van der Waals surface area contributed by atoms with Gasteiger partial charge in [-0.25, -0.2) is 18.0 Å². The third kappa shape index (κ3) is 3.65. The van der Waals surface area contributed by atoms with Gasteiger partial charge in [0.05, 0.1) is 5.69 Å². The highest BCUT2D eigenvalue weighted by Crippen LogP contribution is 2.20. The number of unbranched alkanes of at least 4 members (excludes halogenated alkanes) is 1. The molecule has 1 atom stereocenters. The third-order valence-electron chi connectivity index (χ3n) is 2.48. The predicted molar refractivity (Wildman–Crippen MR) is 60.9 cm³/mol. The van der Waals surface area contributed by atoms with E-state index in [0.717, 1.165) is 6.42 Å². The Hall–Kier alpha value is -1.72. The van der Waals surface area contributed by atoms with E-state index in [0.29, 0.717) is 18.6 Å². The number of benzene rings is 1. The van der Waals surface area contributed by atoms with E-state index in [2.05, 4.69) is 5.32 Å². The van der Waals surface area contributed by atoms with E-state index >= 15 is 0 Å². The number of aliphatic carboxylic acids is 1. The number of hydrogen-bond acceptors (Lipinski definition) is 2. The third-order valence-corrected chi connectivity index (χ3v) is 2.48. The second-order valence-corrected chi connectivity index (χ2v) is 3.92. The van der Waals surface area contributed by atoms with Crippen molar-refractivity contribution in [1.29, 1.82) is 0 Å². The Labute approximate surface area is 103 Å². The molecule has 0 aromatic heterocycles. The molecule has 0 radical (unpaired) electrons. The van der Waals surface area contributed by atoms with E-state index in [4.69, 9.17) is 5.11 Å². The minimum atomic E-state index is -1.31. The summed E-state index contributed by atoms with van der Waals surface area (Å²) in [5, 5.41) is 11.3. The van der Waals surface area contributed by atoms with Crippen LogP contribution in [-0.4, -0.2) is 17.1 Å². The number of carboxylic acid groups (broad SMARTS) is 1. The molecule has 1 aromatic carbocycles. The molecule has 0 heterocycles. The fourth-order valence-corrected chi connectivity index (χ4v) is 1.49. The Morgan fingerprint density at radius 2 is 1.89 bits per heavy atom. The fourth-order valence-electron chi connectivity index (χ4n) is 1.49. The van der Waals surface area contributed by atoms with Gasteiger partial charge in [-0.1, -0.05) is 19.8 Å². The van der Waals surface area contributed by atoms with E-state index in [1.54, 1.807) is 0 Å². The van der Waals surface area contributed by atoms with Gasteiger partial charge in [0.15, 0.2) is 11.6 Å². The number of hydrogen-bond donors (Lipinski definition) is 2. The molecule has 6 heteroatoms. The molecule has 0 amide bonds. The van der Waals surface area contributed by atoms with Crippen LogP contribution < -0.4 is 5.32 Å². The van der Waals surface area contributed by atoms with Gasteiger partial charge in [-0.15, -0.1) is 0 Å². The van der Waals surface area contributed by atoms with Crippen LogP contribution in [0.1, 0.15) is 26.2 Å². The molecular weight excluding hydrogens is 247 g/mol. The summed E-state index contributed by atoms with van der Waals surface area (Å²) in [7, 11) is 0. The standard InChI is InChI=1S/C12H14F3NO2/c1-2-3-4-10(12(17)18)16-11-6-8(14)7(13)5-9(11)15/h5-6,10,16H,2-4H2,1H3,(H,17,18). The van der Waals surface area contributed by atoms with Gasteiger partial charge in [0, 0.05) is 12.1 Å². The monoisotopic (exact) mass is 261 g/mol. The van der Waals surface area contributed by atoms with Crippen molar-refractivity contribution in [2.75, 3.05) is 5.32 Å². The normalized spacial score (nSPS) is 12.2. The fraction of sp³-hybridized carbons (Fsp3) is 0.417. The van der Waals surface area contributed by atoms with Crippen molar-refractivity contribution in [2.24, 2.45) is 0 Å². The second kappa shape index (κ2) is 6.28. The van der Waals surface area contributed by atoms with Gasteiger partial charge in [0.1, 0.15) is 11.9 Å². The number of rotatable bonds is 6. The number of carbonyl (C=O) groups is 1. The molecule has 1 unspecified atom stereocenters. The van der Waals surface area contributed by atoms with Crippen LogP contribution in [0.25, 0.3) is 0 Å². The molecule has 100 valence electrons. The molecule has 1 rings (SSSR count).